The molecule has 1 amide bonds. The van der Waals surface area contributed by atoms with Crippen molar-refractivity contribution < 1.29 is 9.53 Å². The Morgan fingerprint density at radius 3 is 2.89 bits per heavy atom. The van der Waals surface area contributed by atoms with Gasteiger partial charge >= 0.3 is 0 Å². The Hall–Kier alpha value is -3.07. The summed E-state index contributed by atoms with van der Waals surface area (Å²) in [7, 11) is 0. The number of carbonyl (C=O) groups excluding carboxylic acids is 1. The second kappa shape index (κ2) is 7.67. The van der Waals surface area contributed by atoms with Crippen LogP contribution in [0.5, 0.6) is 0 Å². The number of carbonyl (C=O) groups is 1. The van der Waals surface area contributed by atoms with Crippen molar-refractivity contribution in [3.63, 3.8) is 0 Å². The lowest BCUT2D eigenvalue weighted by molar-refractivity contribution is -0.116. The van der Waals surface area contributed by atoms with Crippen LogP contribution in [-0.4, -0.2) is 57.0 Å². The molecule has 140 valence electrons. The zero-order chi connectivity index (χ0) is 18.6. The van der Waals surface area contributed by atoms with Gasteiger partial charge in [-0.2, -0.15) is 4.52 Å². The summed E-state index contributed by atoms with van der Waals surface area (Å²) in [6.07, 6.45) is 2.40. The average Bonchev–Trinajstić information content (AvgIpc) is 3.09. The number of anilines is 2. The summed E-state index contributed by atoms with van der Waals surface area (Å²) in [5, 5.41) is 15.8. The van der Waals surface area contributed by atoms with E-state index in [1.54, 1.807) is 10.7 Å². The van der Waals surface area contributed by atoms with Gasteiger partial charge in [-0.1, -0.05) is 0 Å². The van der Waals surface area contributed by atoms with Gasteiger partial charge in [-0.15, -0.1) is 15.3 Å². The van der Waals surface area contributed by atoms with Gasteiger partial charge in [-0.25, -0.2) is 4.98 Å². The summed E-state index contributed by atoms with van der Waals surface area (Å²) >= 11 is 0. The molecule has 1 aliphatic heterocycles. The SMILES string of the molecule is Cc1ccnc(NC(=O)CCc2nnc3ccc(N4CCOCC4)nn23)c1. The van der Waals surface area contributed by atoms with Crippen molar-refractivity contribution in [2.45, 2.75) is 19.8 Å². The number of morpholine rings is 1. The molecule has 9 nitrogen and oxygen atoms in total. The monoisotopic (exact) mass is 367 g/mol. The third-order valence-electron chi connectivity index (χ3n) is 4.41. The first kappa shape index (κ1) is 17.3. The standard InChI is InChI=1S/C18H21N7O2/c1-13-6-7-19-14(12-13)20-18(26)5-4-16-22-21-15-2-3-17(23-25(15)16)24-8-10-27-11-9-24/h2-3,6-7,12H,4-5,8-11H2,1H3,(H,19,20,26). The van der Waals surface area contributed by atoms with E-state index >= 15 is 0 Å². The molecule has 0 bridgehead atoms. The van der Waals surface area contributed by atoms with E-state index in [9.17, 15) is 4.79 Å². The Balaban J connectivity index is 1.44. The number of aromatic nitrogens is 5. The number of hydrogen-bond acceptors (Lipinski definition) is 7. The lowest BCUT2D eigenvalue weighted by atomic mass is 10.2. The Morgan fingerprint density at radius 2 is 2.07 bits per heavy atom. The number of fused-ring (bicyclic) bond motifs is 1. The van der Waals surface area contributed by atoms with Crippen LogP contribution in [0.4, 0.5) is 11.6 Å². The molecular formula is C18H21N7O2. The summed E-state index contributed by atoms with van der Waals surface area (Å²) < 4.78 is 7.10. The minimum Gasteiger partial charge on any atom is -0.378 e. The van der Waals surface area contributed by atoms with Crippen LogP contribution in [0.2, 0.25) is 0 Å². The van der Waals surface area contributed by atoms with Crippen LogP contribution < -0.4 is 10.2 Å². The maximum atomic E-state index is 12.2. The number of pyridine rings is 1. The normalized spacial score (nSPS) is 14.5. The summed E-state index contributed by atoms with van der Waals surface area (Å²) in [5.74, 6) is 1.96. The Labute approximate surface area is 156 Å². The third-order valence-corrected chi connectivity index (χ3v) is 4.41. The molecule has 0 atom stereocenters. The molecular weight excluding hydrogens is 346 g/mol. The van der Waals surface area contributed by atoms with Gasteiger partial charge < -0.3 is 15.0 Å². The summed E-state index contributed by atoms with van der Waals surface area (Å²) in [6, 6.07) is 7.55. The van der Waals surface area contributed by atoms with Gasteiger partial charge in [0.1, 0.15) is 11.6 Å². The minimum atomic E-state index is -0.116. The molecule has 27 heavy (non-hydrogen) atoms. The third kappa shape index (κ3) is 4.03. The fraction of sp³-hybridized carbons (Fsp3) is 0.389. The largest absolute Gasteiger partial charge is 0.378 e. The van der Waals surface area contributed by atoms with Crippen LogP contribution in [-0.2, 0) is 16.0 Å². The average molecular weight is 367 g/mol. The number of amides is 1. The quantitative estimate of drug-likeness (QED) is 0.724. The van der Waals surface area contributed by atoms with E-state index in [1.165, 1.54) is 0 Å². The zero-order valence-electron chi connectivity index (χ0n) is 15.1. The summed E-state index contributed by atoms with van der Waals surface area (Å²) in [6.45, 7) is 4.96. The molecule has 0 aromatic carbocycles. The molecule has 1 N–H and O–H groups in total. The van der Waals surface area contributed by atoms with Crippen molar-refractivity contribution in [1.29, 1.82) is 0 Å². The van der Waals surface area contributed by atoms with Crippen molar-refractivity contribution in [3.8, 4) is 0 Å². The van der Waals surface area contributed by atoms with E-state index < -0.39 is 0 Å². The van der Waals surface area contributed by atoms with E-state index in [1.807, 2.05) is 31.2 Å². The first-order valence-electron chi connectivity index (χ1n) is 8.95. The molecule has 1 aliphatic rings. The van der Waals surface area contributed by atoms with E-state index in [4.69, 9.17) is 4.74 Å². The molecule has 0 unspecified atom stereocenters. The van der Waals surface area contributed by atoms with Gasteiger partial charge in [0.2, 0.25) is 5.91 Å². The highest BCUT2D eigenvalue weighted by Gasteiger charge is 2.15. The number of rotatable bonds is 5. The van der Waals surface area contributed by atoms with Crippen LogP contribution in [0.1, 0.15) is 17.8 Å². The molecule has 1 saturated heterocycles. The van der Waals surface area contributed by atoms with E-state index in [2.05, 4.69) is 30.5 Å². The smallest absolute Gasteiger partial charge is 0.225 e. The topological polar surface area (TPSA) is 97.5 Å². The molecule has 0 spiro atoms. The highest BCUT2D eigenvalue weighted by molar-refractivity contribution is 5.89. The van der Waals surface area contributed by atoms with Crippen molar-refractivity contribution in [2.75, 3.05) is 36.5 Å². The molecule has 4 heterocycles. The molecule has 0 radical (unpaired) electrons. The molecule has 4 rings (SSSR count). The second-order valence-corrected chi connectivity index (χ2v) is 6.44. The van der Waals surface area contributed by atoms with Gasteiger partial charge in [-0.3, -0.25) is 4.79 Å². The highest BCUT2D eigenvalue weighted by Crippen LogP contribution is 2.14. The van der Waals surface area contributed by atoms with E-state index in [0.717, 1.165) is 24.5 Å². The van der Waals surface area contributed by atoms with Crippen LogP contribution in [0.15, 0.2) is 30.5 Å². The number of hydrogen-bond donors (Lipinski definition) is 1. The fourth-order valence-electron chi connectivity index (χ4n) is 2.98. The summed E-state index contributed by atoms with van der Waals surface area (Å²) in [4.78, 5) is 18.5. The molecule has 1 fully saturated rings. The first-order chi connectivity index (χ1) is 13.2. The number of aryl methyl sites for hydroxylation is 2. The first-order valence-corrected chi connectivity index (χ1v) is 8.95. The maximum absolute atomic E-state index is 12.2. The van der Waals surface area contributed by atoms with Crippen molar-refractivity contribution in [3.05, 3.63) is 41.9 Å². The van der Waals surface area contributed by atoms with Crippen LogP contribution >= 0.6 is 0 Å². The van der Waals surface area contributed by atoms with Crippen molar-refractivity contribution in [1.82, 2.24) is 24.8 Å². The van der Waals surface area contributed by atoms with E-state index in [0.29, 0.717) is 36.9 Å². The van der Waals surface area contributed by atoms with Crippen LogP contribution in [0, 0.1) is 6.92 Å². The van der Waals surface area contributed by atoms with Gasteiger partial charge in [0.05, 0.1) is 13.2 Å². The molecule has 0 aliphatic carbocycles. The van der Waals surface area contributed by atoms with Crippen molar-refractivity contribution in [2.24, 2.45) is 0 Å². The maximum Gasteiger partial charge on any atom is 0.225 e. The summed E-state index contributed by atoms with van der Waals surface area (Å²) in [5.41, 5.74) is 1.71. The lowest BCUT2D eigenvalue weighted by Gasteiger charge is -2.27. The minimum absolute atomic E-state index is 0.116. The Kier molecular flexibility index (Phi) is 4.93. The van der Waals surface area contributed by atoms with Gasteiger partial charge in [0, 0.05) is 32.1 Å². The highest BCUT2D eigenvalue weighted by atomic mass is 16.5. The Bertz CT molecular complexity index is 950. The second-order valence-electron chi connectivity index (χ2n) is 6.44. The van der Waals surface area contributed by atoms with Gasteiger partial charge in [0.25, 0.3) is 0 Å². The van der Waals surface area contributed by atoms with Crippen molar-refractivity contribution >= 4 is 23.2 Å². The van der Waals surface area contributed by atoms with E-state index in [-0.39, 0.29) is 12.3 Å². The predicted octanol–water partition coefficient (Wildman–Crippen LogP) is 1.24. The van der Waals surface area contributed by atoms with Crippen LogP contribution in [0.25, 0.3) is 5.65 Å². The van der Waals surface area contributed by atoms with Crippen LogP contribution in [0.3, 0.4) is 0 Å². The number of ether oxygens (including phenoxy) is 1. The number of nitrogens with zero attached hydrogens (tertiary/aromatic N) is 6. The number of nitrogens with one attached hydrogen (secondary N) is 1. The molecule has 3 aromatic rings. The molecule has 9 heteroatoms. The van der Waals surface area contributed by atoms with Gasteiger partial charge in [0.15, 0.2) is 11.5 Å². The predicted molar refractivity (Wildman–Crippen MR) is 99.7 cm³/mol. The Morgan fingerprint density at radius 1 is 1.22 bits per heavy atom. The molecule has 3 aromatic heterocycles. The lowest BCUT2D eigenvalue weighted by Crippen LogP contribution is -2.37. The van der Waals surface area contributed by atoms with Gasteiger partial charge in [-0.05, 0) is 36.8 Å². The molecule has 0 saturated carbocycles. The fourth-order valence-corrected chi connectivity index (χ4v) is 2.98. The zero-order valence-corrected chi connectivity index (χ0v) is 15.1.